The molecule has 5 heteroatoms. The number of halogens is 1. The molecule has 0 radical (unpaired) electrons. The lowest BCUT2D eigenvalue weighted by Crippen LogP contribution is -2.51. The van der Waals surface area contributed by atoms with Crippen molar-refractivity contribution in [2.75, 3.05) is 26.2 Å². The van der Waals surface area contributed by atoms with Crippen molar-refractivity contribution in [2.24, 2.45) is 5.92 Å². The van der Waals surface area contributed by atoms with Crippen molar-refractivity contribution in [1.29, 1.82) is 0 Å². The summed E-state index contributed by atoms with van der Waals surface area (Å²) in [5.41, 5.74) is 2.11. The molecule has 0 aromatic heterocycles. The molecule has 0 bridgehead atoms. The van der Waals surface area contributed by atoms with E-state index in [9.17, 15) is 9.59 Å². The summed E-state index contributed by atoms with van der Waals surface area (Å²) in [6.45, 7) is 2.42. The van der Waals surface area contributed by atoms with Crippen molar-refractivity contribution in [2.45, 2.75) is 18.8 Å². The third-order valence-electron chi connectivity index (χ3n) is 5.58. The first-order valence-corrected chi connectivity index (χ1v) is 9.86. The second-order valence-electron chi connectivity index (χ2n) is 7.33. The van der Waals surface area contributed by atoms with Crippen molar-refractivity contribution in [1.82, 2.24) is 9.80 Å². The van der Waals surface area contributed by atoms with Crippen molar-refractivity contribution in [3.63, 3.8) is 0 Å². The number of carbonyl (C=O) groups is 2. The van der Waals surface area contributed by atoms with Gasteiger partial charge >= 0.3 is 0 Å². The average molecular weight is 383 g/mol. The molecule has 1 heterocycles. The van der Waals surface area contributed by atoms with Crippen LogP contribution in [0.15, 0.2) is 54.6 Å². The second-order valence-corrected chi connectivity index (χ2v) is 7.74. The number of amides is 2. The topological polar surface area (TPSA) is 40.6 Å². The summed E-state index contributed by atoms with van der Waals surface area (Å²) in [7, 11) is 0. The third kappa shape index (κ3) is 4.01. The minimum Gasteiger partial charge on any atom is -0.339 e. The fourth-order valence-corrected chi connectivity index (χ4v) is 4.07. The van der Waals surface area contributed by atoms with Gasteiger partial charge in [-0.2, -0.15) is 0 Å². The number of piperazine rings is 1. The van der Waals surface area contributed by atoms with E-state index in [0.29, 0.717) is 43.5 Å². The number of rotatable bonds is 4. The van der Waals surface area contributed by atoms with Gasteiger partial charge in [0, 0.05) is 37.1 Å². The average Bonchev–Trinajstić information content (AvgIpc) is 3.51. The van der Waals surface area contributed by atoms with Crippen molar-refractivity contribution < 1.29 is 9.59 Å². The highest BCUT2D eigenvalue weighted by atomic mass is 35.5. The van der Waals surface area contributed by atoms with Crippen LogP contribution in [0.5, 0.6) is 0 Å². The summed E-state index contributed by atoms with van der Waals surface area (Å²) in [6, 6.07) is 17.7. The Morgan fingerprint density at radius 3 is 2.22 bits per heavy atom. The van der Waals surface area contributed by atoms with Crippen molar-refractivity contribution in [3.05, 3.63) is 70.7 Å². The predicted molar refractivity (Wildman–Crippen MR) is 106 cm³/mol. The van der Waals surface area contributed by atoms with E-state index in [1.807, 2.05) is 46.2 Å². The van der Waals surface area contributed by atoms with Crippen LogP contribution in [0.25, 0.3) is 0 Å². The summed E-state index contributed by atoms with van der Waals surface area (Å²) in [4.78, 5) is 29.1. The first kappa shape index (κ1) is 18.1. The Hall–Kier alpha value is -2.33. The van der Waals surface area contributed by atoms with Crippen LogP contribution in [-0.2, 0) is 16.0 Å². The van der Waals surface area contributed by atoms with Gasteiger partial charge in [-0.1, -0.05) is 60.1 Å². The molecular weight excluding hydrogens is 360 g/mol. The third-order valence-corrected chi connectivity index (χ3v) is 5.95. The first-order valence-electron chi connectivity index (χ1n) is 9.48. The van der Waals surface area contributed by atoms with E-state index in [0.717, 1.165) is 12.0 Å². The summed E-state index contributed by atoms with van der Waals surface area (Å²) < 4.78 is 0. The Morgan fingerprint density at radius 1 is 0.889 bits per heavy atom. The molecule has 1 aliphatic carbocycles. The van der Waals surface area contributed by atoms with Gasteiger partial charge in [0.2, 0.25) is 11.8 Å². The molecule has 2 amide bonds. The lowest BCUT2D eigenvalue weighted by atomic mass is 10.1. The zero-order valence-electron chi connectivity index (χ0n) is 15.2. The number of hydrogen-bond acceptors (Lipinski definition) is 2. The van der Waals surface area contributed by atoms with E-state index in [1.54, 1.807) is 6.07 Å². The number of carbonyl (C=O) groups excluding carboxylic acids is 2. The minimum atomic E-state index is 0.0729. The van der Waals surface area contributed by atoms with Gasteiger partial charge in [0.05, 0.1) is 6.42 Å². The molecule has 140 valence electrons. The maximum atomic E-state index is 12.8. The predicted octanol–water partition coefficient (Wildman–Crippen LogP) is 3.36. The zero-order valence-corrected chi connectivity index (χ0v) is 15.9. The van der Waals surface area contributed by atoms with Crippen LogP contribution in [0.1, 0.15) is 23.5 Å². The van der Waals surface area contributed by atoms with E-state index in [2.05, 4.69) is 12.1 Å². The molecule has 1 saturated heterocycles. The highest BCUT2D eigenvalue weighted by molar-refractivity contribution is 6.31. The van der Waals surface area contributed by atoms with Gasteiger partial charge in [0.25, 0.3) is 0 Å². The zero-order chi connectivity index (χ0) is 18.8. The quantitative estimate of drug-likeness (QED) is 0.813. The van der Waals surface area contributed by atoms with E-state index in [-0.39, 0.29) is 17.7 Å². The summed E-state index contributed by atoms with van der Waals surface area (Å²) >= 11 is 6.15. The molecule has 1 aliphatic heterocycles. The molecule has 2 fully saturated rings. The number of benzene rings is 2. The van der Waals surface area contributed by atoms with Crippen LogP contribution in [0.3, 0.4) is 0 Å². The molecule has 2 aromatic carbocycles. The Labute approximate surface area is 164 Å². The highest BCUT2D eigenvalue weighted by Gasteiger charge is 2.46. The molecule has 1 saturated carbocycles. The lowest BCUT2D eigenvalue weighted by Gasteiger charge is -2.35. The summed E-state index contributed by atoms with van der Waals surface area (Å²) in [5, 5.41) is 0.625. The Kier molecular flexibility index (Phi) is 5.17. The van der Waals surface area contributed by atoms with Gasteiger partial charge in [-0.25, -0.2) is 0 Å². The molecular formula is C22H23ClN2O2. The fourth-order valence-electron chi connectivity index (χ4n) is 3.86. The second kappa shape index (κ2) is 7.73. The lowest BCUT2D eigenvalue weighted by molar-refractivity contribution is -0.140. The molecule has 4 rings (SSSR count). The van der Waals surface area contributed by atoms with Gasteiger partial charge in [0.15, 0.2) is 0 Å². The Morgan fingerprint density at radius 2 is 1.52 bits per heavy atom. The minimum absolute atomic E-state index is 0.0729. The van der Waals surface area contributed by atoms with Crippen LogP contribution in [0.4, 0.5) is 0 Å². The van der Waals surface area contributed by atoms with Crippen LogP contribution in [-0.4, -0.2) is 47.8 Å². The van der Waals surface area contributed by atoms with Crippen LogP contribution < -0.4 is 0 Å². The highest BCUT2D eigenvalue weighted by Crippen LogP contribution is 2.48. The summed E-state index contributed by atoms with van der Waals surface area (Å²) in [6.07, 6.45) is 1.25. The van der Waals surface area contributed by atoms with Crippen molar-refractivity contribution in [3.8, 4) is 0 Å². The number of nitrogens with zero attached hydrogens (tertiary/aromatic N) is 2. The first-order chi connectivity index (χ1) is 13.1. The molecule has 0 N–H and O–H groups in total. The van der Waals surface area contributed by atoms with Gasteiger partial charge in [-0.3, -0.25) is 9.59 Å². The molecule has 0 spiro atoms. The number of hydrogen-bond donors (Lipinski definition) is 0. The molecule has 27 heavy (non-hydrogen) atoms. The standard InChI is InChI=1S/C22H23ClN2O2/c23-20-9-5-4-8-17(20)14-21(26)24-10-12-25(13-11-24)22(27)19-15-18(19)16-6-2-1-3-7-16/h1-9,18-19H,10-15H2/t18-,19+/m1/s1. The monoisotopic (exact) mass is 382 g/mol. The fraction of sp³-hybridized carbons (Fsp3) is 0.364. The Balaban J connectivity index is 1.28. The van der Waals surface area contributed by atoms with Gasteiger partial charge in [-0.15, -0.1) is 0 Å². The maximum Gasteiger partial charge on any atom is 0.227 e. The van der Waals surface area contributed by atoms with Gasteiger partial charge < -0.3 is 9.80 Å². The Bertz CT molecular complexity index is 831. The van der Waals surface area contributed by atoms with Crippen LogP contribution in [0.2, 0.25) is 5.02 Å². The van der Waals surface area contributed by atoms with E-state index in [1.165, 1.54) is 5.56 Å². The normalized spacial score (nSPS) is 21.8. The van der Waals surface area contributed by atoms with Crippen molar-refractivity contribution >= 4 is 23.4 Å². The summed E-state index contributed by atoms with van der Waals surface area (Å²) in [5.74, 6) is 0.780. The molecule has 2 aromatic rings. The van der Waals surface area contributed by atoms with E-state index in [4.69, 9.17) is 11.6 Å². The smallest absolute Gasteiger partial charge is 0.227 e. The SMILES string of the molecule is O=C(Cc1ccccc1Cl)N1CCN(C(=O)[C@H]2C[C@@H]2c2ccccc2)CC1. The van der Waals surface area contributed by atoms with Gasteiger partial charge in [0.1, 0.15) is 0 Å². The van der Waals surface area contributed by atoms with Crippen LogP contribution >= 0.6 is 11.6 Å². The largest absolute Gasteiger partial charge is 0.339 e. The maximum absolute atomic E-state index is 12.8. The molecule has 0 unspecified atom stereocenters. The van der Waals surface area contributed by atoms with Crippen LogP contribution in [0, 0.1) is 5.92 Å². The van der Waals surface area contributed by atoms with Gasteiger partial charge in [-0.05, 0) is 29.5 Å². The van der Waals surface area contributed by atoms with E-state index < -0.39 is 0 Å². The molecule has 4 nitrogen and oxygen atoms in total. The molecule has 2 atom stereocenters. The van der Waals surface area contributed by atoms with E-state index >= 15 is 0 Å². The molecule has 2 aliphatic rings.